The summed E-state index contributed by atoms with van der Waals surface area (Å²) >= 11 is 0. The lowest BCUT2D eigenvalue weighted by Gasteiger charge is -2.34. The van der Waals surface area contributed by atoms with E-state index >= 15 is 0 Å². The fourth-order valence-corrected chi connectivity index (χ4v) is 2.51. The van der Waals surface area contributed by atoms with Crippen LogP contribution >= 0.6 is 0 Å². The van der Waals surface area contributed by atoms with Gasteiger partial charge in [-0.2, -0.15) is 0 Å². The Morgan fingerprint density at radius 1 is 1.46 bits per heavy atom. The predicted molar refractivity (Wildman–Crippen MR) is 55.8 cm³/mol. The Kier molecular flexibility index (Phi) is 2.89. The van der Waals surface area contributed by atoms with Gasteiger partial charge in [0.15, 0.2) is 0 Å². The first-order valence-electron chi connectivity index (χ1n) is 5.78. The van der Waals surface area contributed by atoms with E-state index in [1.165, 1.54) is 38.9 Å². The van der Waals surface area contributed by atoms with Crippen LogP contribution < -0.4 is 5.32 Å². The average molecular weight is 182 g/mol. The van der Waals surface area contributed by atoms with Crippen molar-refractivity contribution in [2.45, 2.75) is 45.2 Å². The second-order valence-electron chi connectivity index (χ2n) is 4.71. The largest absolute Gasteiger partial charge is 0.311 e. The predicted octanol–water partition coefficient (Wildman–Crippen LogP) is 1.47. The maximum atomic E-state index is 3.61. The normalized spacial score (nSPS) is 40.6. The zero-order valence-corrected chi connectivity index (χ0v) is 8.92. The van der Waals surface area contributed by atoms with Gasteiger partial charge in [0.2, 0.25) is 0 Å². The van der Waals surface area contributed by atoms with Gasteiger partial charge in [0.05, 0.1) is 0 Å². The number of nitrogens with zero attached hydrogens (tertiary/aromatic N) is 1. The van der Waals surface area contributed by atoms with Crippen molar-refractivity contribution in [1.82, 2.24) is 10.2 Å². The van der Waals surface area contributed by atoms with E-state index in [1.807, 2.05) is 0 Å². The van der Waals surface area contributed by atoms with Gasteiger partial charge in [0.25, 0.3) is 0 Å². The highest BCUT2D eigenvalue weighted by Crippen LogP contribution is 2.35. The fourth-order valence-electron chi connectivity index (χ4n) is 2.51. The minimum Gasteiger partial charge on any atom is -0.311 e. The van der Waals surface area contributed by atoms with Gasteiger partial charge in [-0.3, -0.25) is 4.90 Å². The van der Waals surface area contributed by atoms with Crippen molar-refractivity contribution >= 4 is 0 Å². The summed E-state index contributed by atoms with van der Waals surface area (Å²) < 4.78 is 0. The van der Waals surface area contributed by atoms with Crippen LogP contribution in [0, 0.1) is 5.92 Å². The molecule has 1 saturated heterocycles. The van der Waals surface area contributed by atoms with Gasteiger partial charge in [-0.25, -0.2) is 0 Å². The molecule has 0 amide bonds. The molecule has 2 heteroatoms. The third-order valence-corrected chi connectivity index (χ3v) is 3.46. The number of rotatable bonds is 3. The number of hydrogen-bond donors (Lipinski definition) is 1. The van der Waals surface area contributed by atoms with Crippen LogP contribution in [-0.2, 0) is 0 Å². The Morgan fingerprint density at radius 2 is 2.23 bits per heavy atom. The minimum atomic E-state index is 0.770. The van der Waals surface area contributed by atoms with Gasteiger partial charge >= 0.3 is 0 Å². The van der Waals surface area contributed by atoms with E-state index in [0.717, 1.165) is 18.0 Å². The molecule has 2 fully saturated rings. The van der Waals surface area contributed by atoms with Crippen molar-refractivity contribution in [3.05, 3.63) is 0 Å². The monoisotopic (exact) mass is 182 g/mol. The molecule has 2 nitrogen and oxygen atoms in total. The molecule has 1 saturated carbocycles. The molecule has 3 atom stereocenters. The van der Waals surface area contributed by atoms with Crippen LogP contribution in [0.25, 0.3) is 0 Å². The number of piperazine rings is 1. The van der Waals surface area contributed by atoms with Gasteiger partial charge in [0.1, 0.15) is 0 Å². The Labute approximate surface area is 81.7 Å². The van der Waals surface area contributed by atoms with Gasteiger partial charge in [-0.15, -0.1) is 0 Å². The average Bonchev–Trinajstić information content (AvgIpc) is 2.84. The lowest BCUT2D eigenvalue weighted by Crippen LogP contribution is -2.51. The van der Waals surface area contributed by atoms with Crippen LogP contribution in [0.4, 0.5) is 0 Å². The van der Waals surface area contributed by atoms with E-state index in [-0.39, 0.29) is 0 Å². The summed E-state index contributed by atoms with van der Waals surface area (Å²) in [6.45, 7) is 8.42. The van der Waals surface area contributed by atoms with E-state index in [9.17, 15) is 0 Å². The molecule has 0 aromatic carbocycles. The van der Waals surface area contributed by atoms with Crippen molar-refractivity contribution in [3.63, 3.8) is 0 Å². The zero-order valence-electron chi connectivity index (χ0n) is 8.92. The molecule has 0 bridgehead atoms. The Morgan fingerprint density at radius 3 is 2.85 bits per heavy atom. The Hall–Kier alpha value is -0.0800. The maximum absolute atomic E-state index is 3.61. The first-order chi connectivity index (χ1) is 6.31. The van der Waals surface area contributed by atoms with Crippen LogP contribution in [0.1, 0.15) is 33.1 Å². The van der Waals surface area contributed by atoms with Crippen LogP contribution in [0.15, 0.2) is 0 Å². The molecule has 1 aliphatic carbocycles. The van der Waals surface area contributed by atoms with E-state index in [2.05, 4.69) is 24.1 Å². The molecule has 76 valence electrons. The van der Waals surface area contributed by atoms with Crippen molar-refractivity contribution in [1.29, 1.82) is 0 Å². The van der Waals surface area contributed by atoms with Gasteiger partial charge < -0.3 is 5.32 Å². The molecular formula is C11H22N2. The fraction of sp³-hybridized carbons (Fsp3) is 1.00. The Bertz CT molecular complexity index is 167. The van der Waals surface area contributed by atoms with Crippen molar-refractivity contribution in [2.24, 2.45) is 5.92 Å². The molecule has 13 heavy (non-hydrogen) atoms. The van der Waals surface area contributed by atoms with Gasteiger partial charge in [0, 0.05) is 31.7 Å². The second-order valence-corrected chi connectivity index (χ2v) is 4.71. The van der Waals surface area contributed by atoms with E-state index < -0.39 is 0 Å². The topological polar surface area (TPSA) is 15.3 Å². The number of hydrogen-bond acceptors (Lipinski definition) is 2. The Balaban J connectivity index is 1.78. The van der Waals surface area contributed by atoms with Crippen LogP contribution in [0.2, 0.25) is 0 Å². The summed E-state index contributed by atoms with van der Waals surface area (Å²) in [5, 5.41) is 3.61. The first-order valence-corrected chi connectivity index (χ1v) is 5.78. The second kappa shape index (κ2) is 3.97. The third-order valence-electron chi connectivity index (χ3n) is 3.46. The highest BCUT2D eigenvalue weighted by Gasteiger charge is 2.39. The first kappa shape index (κ1) is 9.47. The summed E-state index contributed by atoms with van der Waals surface area (Å²) in [5.41, 5.74) is 0. The summed E-state index contributed by atoms with van der Waals surface area (Å²) in [4.78, 5) is 2.70. The SMILES string of the molecule is CCCC1CN(C2CC2C)CCN1. The zero-order chi connectivity index (χ0) is 9.26. The lowest BCUT2D eigenvalue weighted by molar-refractivity contribution is 0.179. The summed E-state index contributed by atoms with van der Waals surface area (Å²) in [5.74, 6) is 0.973. The number of nitrogens with one attached hydrogen (secondary N) is 1. The van der Waals surface area contributed by atoms with E-state index in [1.54, 1.807) is 0 Å². The summed E-state index contributed by atoms with van der Waals surface area (Å²) in [7, 11) is 0. The lowest BCUT2D eigenvalue weighted by atomic mass is 10.1. The smallest absolute Gasteiger partial charge is 0.0195 e. The van der Waals surface area contributed by atoms with Crippen LogP contribution in [0.3, 0.4) is 0 Å². The van der Waals surface area contributed by atoms with Crippen LogP contribution in [0.5, 0.6) is 0 Å². The molecule has 0 radical (unpaired) electrons. The maximum Gasteiger partial charge on any atom is 0.0195 e. The van der Waals surface area contributed by atoms with Crippen molar-refractivity contribution in [3.8, 4) is 0 Å². The van der Waals surface area contributed by atoms with Gasteiger partial charge in [-0.1, -0.05) is 20.3 Å². The van der Waals surface area contributed by atoms with Crippen LogP contribution in [-0.4, -0.2) is 36.6 Å². The standard InChI is InChI=1S/C11H22N2/c1-3-4-10-8-13(6-5-12-10)11-7-9(11)2/h9-12H,3-8H2,1-2H3. The molecule has 2 rings (SSSR count). The quantitative estimate of drug-likeness (QED) is 0.711. The molecule has 1 heterocycles. The van der Waals surface area contributed by atoms with Gasteiger partial charge in [-0.05, 0) is 18.8 Å². The molecule has 2 aliphatic rings. The molecular weight excluding hydrogens is 160 g/mol. The van der Waals surface area contributed by atoms with E-state index in [0.29, 0.717) is 0 Å². The molecule has 1 aliphatic heterocycles. The highest BCUT2D eigenvalue weighted by molar-refractivity contribution is 4.95. The molecule has 3 unspecified atom stereocenters. The molecule has 0 spiro atoms. The minimum absolute atomic E-state index is 0.770. The highest BCUT2D eigenvalue weighted by atomic mass is 15.2. The molecule has 0 aromatic rings. The van der Waals surface area contributed by atoms with Crippen molar-refractivity contribution < 1.29 is 0 Å². The summed E-state index contributed by atoms with van der Waals surface area (Å²) in [6.07, 6.45) is 4.10. The van der Waals surface area contributed by atoms with E-state index in [4.69, 9.17) is 0 Å². The third kappa shape index (κ3) is 2.23. The molecule has 0 aromatic heterocycles. The molecule has 1 N–H and O–H groups in total. The van der Waals surface area contributed by atoms with Crippen molar-refractivity contribution in [2.75, 3.05) is 19.6 Å². The summed E-state index contributed by atoms with van der Waals surface area (Å²) in [6, 6.07) is 1.70.